The van der Waals surface area contributed by atoms with E-state index < -0.39 is 0 Å². The van der Waals surface area contributed by atoms with Gasteiger partial charge in [0.15, 0.2) is 5.82 Å². The van der Waals surface area contributed by atoms with Gasteiger partial charge in [-0.2, -0.15) is 0 Å². The Labute approximate surface area is 341 Å². The van der Waals surface area contributed by atoms with Crippen LogP contribution in [0.25, 0.3) is 116 Å². The van der Waals surface area contributed by atoms with Crippen LogP contribution in [-0.2, 0) is 0 Å². The van der Waals surface area contributed by atoms with Gasteiger partial charge in [-0.15, -0.1) is 0 Å². The van der Waals surface area contributed by atoms with E-state index in [1.54, 1.807) is 0 Å². The van der Waals surface area contributed by atoms with Crippen LogP contribution in [0.1, 0.15) is 0 Å². The summed E-state index contributed by atoms with van der Waals surface area (Å²) in [5.41, 5.74) is 10.7. The van der Waals surface area contributed by atoms with Crippen molar-refractivity contribution in [2.75, 3.05) is 0 Å². The van der Waals surface area contributed by atoms with E-state index in [0.29, 0.717) is 5.82 Å². The summed E-state index contributed by atoms with van der Waals surface area (Å²) >= 11 is 0. The number of para-hydroxylation sites is 2. The molecule has 12 aromatic rings. The van der Waals surface area contributed by atoms with Crippen LogP contribution in [0.2, 0.25) is 0 Å². The van der Waals surface area contributed by atoms with E-state index in [4.69, 9.17) is 9.97 Å². The Hall–Kier alpha value is -7.88. The molecule has 0 aliphatic rings. The summed E-state index contributed by atoms with van der Waals surface area (Å²) < 4.78 is 2.36. The van der Waals surface area contributed by atoms with Gasteiger partial charge in [0.1, 0.15) is 0 Å². The molecule has 3 nitrogen and oxygen atoms in total. The fraction of sp³-hybridized carbons (Fsp3) is 0. The van der Waals surface area contributed by atoms with Crippen LogP contribution >= 0.6 is 0 Å². The quantitative estimate of drug-likeness (QED) is 0.130. The third kappa shape index (κ3) is 5.36. The molecule has 2 heterocycles. The van der Waals surface area contributed by atoms with Crippen LogP contribution in [0.4, 0.5) is 0 Å². The lowest BCUT2D eigenvalue weighted by Crippen LogP contribution is -1.98. The first kappa shape index (κ1) is 33.3. The van der Waals surface area contributed by atoms with Crippen molar-refractivity contribution in [3.05, 3.63) is 212 Å². The normalized spacial score (nSPS) is 11.7. The molecule has 0 aliphatic carbocycles. The van der Waals surface area contributed by atoms with Gasteiger partial charge in [0.2, 0.25) is 0 Å². The largest absolute Gasteiger partial charge is 0.309 e. The van der Waals surface area contributed by atoms with Crippen molar-refractivity contribution in [1.82, 2.24) is 14.5 Å². The maximum Gasteiger partial charge on any atom is 0.160 e. The molecule has 0 spiro atoms. The third-order valence-electron chi connectivity index (χ3n) is 12.0. The minimum atomic E-state index is 0.695. The highest BCUT2D eigenvalue weighted by atomic mass is 15.0. The van der Waals surface area contributed by atoms with Crippen molar-refractivity contribution in [1.29, 1.82) is 0 Å². The second-order valence-corrected chi connectivity index (χ2v) is 15.3. The third-order valence-corrected chi connectivity index (χ3v) is 12.0. The molecule has 0 fully saturated rings. The van der Waals surface area contributed by atoms with Crippen LogP contribution in [0.5, 0.6) is 0 Å². The lowest BCUT2D eigenvalue weighted by Gasteiger charge is -2.18. The van der Waals surface area contributed by atoms with Crippen molar-refractivity contribution >= 4 is 64.9 Å². The Morgan fingerprint density at radius 1 is 0.305 bits per heavy atom. The molecule has 2 aromatic heterocycles. The van der Waals surface area contributed by atoms with E-state index in [0.717, 1.165) is 39.2 Å². The summed E-state index contributed by atoms with van der Waals surface area (Å²) in [5, 5.41) is 12.3. The first-order valence-corrected chi connectivity index (χ1v) is 20.2. The molecule has 0 saturated heterocycles. The monoisotopic (exact) mass is 749 g/mol. The zero-order valence-corrected chi connectivity index (χ0v) is 32.0. The van der Waals surface area contributed by atoms with Crippen molar-refractivity contribution in [3.63, 3.8) is 0 Å². The van der Waals surface area contributed by atoms with E-state index in [-0.39, 0.29) is 0 Å². The Bertz CT molecular complexity index is 3560. The second kappa shape index (κ2) is 13.4. The number of nitrogens with zero attached hydrogens (tertiary/aromatic N) is 3. The van der Waals surface area contributed by atoms with Crippen LogP contribution in [0, 0.1) is 0 Å². The lowest BCUT2D eigenvalue weighted by molar-refractivity contribution is 1.16. The van der Waals surface area contributed by atoms with E-state index >= 15 is 0 Å². The van der Waals surface area contributed by atoms with E-state index in [9.17, 15) is 0 Å². The molecule has 3 heteroatoms. The SMILES string of the molecule is c1ccc(-c2nc(-c3cccc(-n4c5ccccc5c5ccccc54)c3)cc(-c3ccc(-c4c5ccccc5cc5c4ccc4ccccc45)c4ccccc34)n2)cc1. The Morgan fingerprint density at radius 2 is 0.881 bits per heavy atom. The summed E-state index contributed by atoms with van der Waals surface area (Å²) in [6.07, 6.45) is 0. The van der Waals surface area contributed by atoms with Gasteiger partial charge in [0.05, 0.1) is 22.4 Å². The number of hydrogen-bond donors (Lipinski definition) is 0. The molecule has 0 atom stereocenters. The highest BCUT2D eigenvalue weighted by Gasteiger charge is 2.19. The van der Waals surface area contributed by atoms with Crippen LogP contribution < -0.4 is 0 Å². The minimum absolute atomic E-state index is 0.695. The van der Waals surface area contributed by atoms with Gasteiger partial charge in [-0.05, 0) is 90.6 Å². The van der Waals surface area contributed by atoms with Crippen molar-refractivity contribution < 1.29 is 0 Å². The molecular weight excluding hydrogens is 715 g/mol. The summed E-state index contributed by atoms with van der Waals surface area (Å²) in [6, 6.07) is 76.3. The number of benzene rings is 10. The van der Waals surface area contributed by atoms with Crippen LogP contribution in [0.3, 0.4) is 0 Å². The first-order chi connectivity index (χ1) is 29.3. The molecule has 0 aliphatic heterocycles. The van der Waals surface area contributed by atoms with E-state index in [1.165, 1.54) is 70.6 Å². The number of rotatable bonds is 5. The van der Waals surface area contributed by atoms with Gasteiger partial charge in [-0.1, -0.05) is 176 Å². The predicted octanol–water partition coefficient (Wildman–Crippen LogP) is 14.9. The molecule has 59 heavy (non-hydrogen) atoms. The molecule has 12 rings (SSSR count). The zero-order valence-electron chi connectivity index (χ0n) is 32.0. The summed E-state index contributed by atoms with van der Waals surface area (Å²) in [6.45, 7) is 0. The summed E-state index contributed by atoms with van der Waals surface area (Å²) in [5.74, 6) is 0.695. The van der Waals surface area contributed by atoms with E-state index in [2.05, 4.69) is 211 Å². The van der Waals surface area contributed by atoms with Crippen molar-refractivity contribution in [2.24, 2.45) is 0 Å². The fourth-order valence-electron chi connectivity index (χ4n) is 9.31. The average molecular weight is 750 g/mol. The number of fused-ring (bicyclic) bond motifs is 8. The highest BCUT2D eigenvalue weighted by Crippen LogP contribution is 2.44. The van der Waals surface area contributed by atoms with Gasteiger partial charge in [-0.25, -0.2) is 9.97 Å². The van der Waals surface area contributed by atoms with Crippen LogP contribution in [-0.4, -0.2) is 14.5 Å². The van der Waals surface area contributed by atoms with Gasteiger partial charge in [-0.3, -0.25) is 0 Å². The number of aromatic nitrogens is 3. The second-order valence-electron chi connectivity index (χ2n) is 15.3. The van der Waals surface area contributed by atoms with Gasteiger partial charge >= 0.3 is 0 Å². The molecular formula is C56H35N3. The maximum atomic E-state index is 5.32. The average Bonchev–Trinajstić information content (AvgIpc) is 3.65. The topological polar surface area (TPSA) is 30.7 Å². The maximum absolute atomic E-state index is 5.32. The van der Waals surface area contributed by atoms with Crippen molar-refractivity contribution in [2.45, 2.75) is 0 Å². The molecule has 0 amide bonds. The molecule has 274 valence electrons. The molecule has 0 bridgehead atoms. The smallest absolute Gasteiger partial charge is 0.160 e. The Kier molecular flexibility index (Phi) is 7.54. The minimum Gasteiger partial charge on any atom is -0.309 e. The fourth-order valence-corrected chi connectivity index (χ4v) is 9.31. The lowest BCUT2D eigenvalue weighted by atomic mass is 9.86. The standard InChI is InChI=1S/C56H35N3/c1-2-16-37(17-3-1)56-57-51(39-19-14-20-40(33-39)59-53-27-12-10-25-46(53)47-26-11-13-28-54(47)59)35-52(58-56)45-31-32-48(44-24-9-8-23-43(44)45)55-42-22-7-5-18-38(42)34-50-41-21-6-4-15-36(41)29-30-49(50)55/h1-35H. The Balaban J connectivity index is 1.08. The highest BCUT2D eigenvalue weighted by molar-refractivity contribution is 6.23. The van der Waals surface area contributed by atoms with Gasteiger partial charge in [0, 0.05) is 33.2 Å². The van der Waals surface area contributed by atoms with Gasteiger partial charge < -0.3 is 4.57 Å². The zero-order chi connectivity index (χ0) is 38.9. The molecule has 10 aromatic carbocycles. The number of hydrogen-bond acceptors (Lipinski definition) is 2. The van der Waals surface area contributed by atoms with Crippen LogP contribution in [0.15, 0.2) is 212 Å². The first-order valence-electron chi connectivity index (χ1n) is 20.2. The van der Waals surface area contributed by atoms with E-state index in [1.807, 2.05) is 6.07 Å². The molecule has 0 saturated carbocycles. The molecule has 0 radical (unpaired) electrons. The summed E-state index contributed by atoms with van der Waals surface area (Å²) in [4.78, 5) is 10.6. The predicted molar refractivity (Wildman–Crippen MR) is 248 cm³/mol. The van der Waals surface area contributed by atoms with Crippen molar-refractivity contribution in [3.8, 4) is 50.7 Å². The molecule has 0 N–H and O–H groups in total. The van der Waals surface area contributed by atoms with Gasteiger partial charge in [0.25, 0.3) is 0 Å². The summed E-state index contributed by atoms with van der Waals surface area (Å²) in [7, 11) is 0. The Morgan fingerprint density at radius 3 is 1.64 bits per heavy atom. The molecule has 0 unspecified atom stereocenters.